The normalized spacial score (nSPS) is 26.1. The minimum absolute atomic E-state index is 0.438. The van der Waals surface area contributed by atoms with E-state index < -0.39 is 0 Å². The quantitative estimate of drug-likeness (QED) is 0.877. The summed E-state index contributed by atoms with van der Waals surface area (Å²) in [5.41, 5.74) is 0.438. The molecule has 1 fully saturated rings. The Morgan fingerprint density at radius 1 is 1.45 bits per heavy atom. The zero-order valence-corrected chi connectivity index (χ0v) is 13.8. The van der Waals surface area contributed by atoms with E-state index in [-0.39, 0.29) is 0 Å². The van der Waals surface area contributed by atoms with Crippen LogP contribution < -0.4 is 5.32 Å². The predicted molar refractivity (Wildman–Crippen MR) is 85.1 cm³/mol. The Labute approximate surface area is 124 Å². The molecule has 2 unspecified atom stereocenters. The van der Waals surface area contributed by atoms with Crippen molar-refractivity contribution in [1.82, 2.24) is 14.9 Å². The van der Waals surface area contributed by atoms with Gasteiger partial charge in [0.2, 0.25) is 0 Å². The highest BCUT2D eigenvalue weighted by Gasteiger charge is 2.36. The molecule has 1 N–H and O–H groups in total. The van der Waals surface area contributed by atoms with E-state index in [2.05, 4.69) is 55.7 Å². The van der Waals surface area contributed by atoms with Gasteiger partial charge in [0.15, 0.2) is 0 Å². The summed E-state index contributed by atoms with van der Waals surface area (Å²) in [6, 6.07) is 1.14. The maximum absolute atomic E-state index is 4.59. The van der Waals surface area contributed by atoms with Crippen LogP contribution in [-0.4, -0.2) is 22.1 Å². The molecule has 3 heteroatoms. The molecule has 2 atom stereocenters. The fraction of sp³-hybridized carbons (Fsp3) is 0.824. The summed E-state index contributed by atoms with van der Waals surface area (Å²) in [5, 5.41) is 3.76. The van der Waals surface area contributed by atoms with Crippen molar-refractivity contribution >= 4 is 0 Å². The second-order valence-corrected chi connectivity index (χ2v) is 7.38. The van der Waals surface area contributed by atoms with Crippen molar-refractivity contribution in [2.75, 3.05) is 6.54 Å². The monoisotopic (exact) mass is 277 g/mol. The molecule has 1 heterocycles. The van der Waals surface area contributed by atoms with Gasteiger partial charge in [0.1, 0.15) is 5.82 Å². The van der Waals surface area contributed by atoms with Crippen LogP contribution in [0.15, 0.2) is 12.4 Å². The molecular weight excluding hydrogens is 246 g/mol. The van der Waals surface area contributed by atoms with E-state index in [4.69, 9.17) is 0 Å². The molecule has 0 radical (unpaired) electrons. The zero-order valence-electron chi connectivity index (χ0n) is 13.8. The Hall–Kier alpha value is -0.830. The van der Waals surface area contributed by atoms with Crippen LogP contribution in [0, 0.1) is 5.41 Å². The SMILES string of the molecule is CCCNC1CCC(C)(C)CC1n1ccnc1C(C)C. The first kappa shape index (κ1) is 15.6. The molecule has 2 rings (SSSR count). The molecule has 0 aliphatic heterocycles. The van der Waals surface area contributed by atoms with Gasteiger partial charge in [-0.05, 0) is 37.6 Å². The van der Waals surface area contributed by atoms with Crippen LogP contribution in [0.3, 0.4) is 0 Å². The lowest BCUT2D eigenvalue weighted by atomic mass is 9.72. The Morgan fingerprint density at radius 2 is 2.20 bits per heavy atom. The maximum Gasteiger partial charge on any atom is 0.111 e. The summed E-state index contributed by atoms with van der Waals surface area (Å²) >= 11 is 0. The Balaban J connectivity index is 2.24. The van der Waals surface area contributed by atoms with Crippen LogP contribution in [0.25, 0.3) is 0 Å². The molecule has 0 spiro atoms. The molecule has 1 aromatic rings. The second kappa shape index (κ2) is 6.30. The molecule has 0 amide bonds. The molecular formula is C17H31N3. The Bertz CT molecular complexity index is 420. The Morgan fingerprint density at radius 3 is 2.85 bits per heavy atom. The summed E-state index contributed by atoms with van der Waals surface area (Å²) in [6.45, 7) is 12.6. The molecule has 0 bridgehead atoms. The highest BCUT2D eigenvalue weighted by molar-refractivity contribution is 5.04. The van der Waals surface area contributed by atoms with Crippen molar-refractivity contribution in [3.8, 4) is 0 Å². The third-order valence-electron chi connectivity index (χ3n) is 4.59. The fourth-order valence-corrected chi connectivity index (χ4v) is 3.46. The van der Waals surface area contributed by atoms with E-state index in [0.717, 1.165) is 6.54 Å². The largest absolute Gasteiger partial charge is 0.330 e. The van der Waals surface area contributed by atoms with Gasteiger partial charge >= 0.3 is 0 Å². The molecule has 1 aliphatic carbocycles. The first-order chi connectivity index (χ1) is 9.44. The van der Waals surface area contributed by atoms with Crippen LogP contribution in [0.5, 0.6) is 0 Å². The van der Waals surface area contributed by atoms with Crippen LogP contribution in [0.1, 0.15) is 78.1 Å². The molecule has 3 nitrogen and oxygen atoms in total. The van der Waals surface area contributed by atoms with Crippen LogP contribution in [0.2, 0.25) is 0 Å². The number of imidazole rings is 1. The average molecular weight is 277 g/mol. The zero-order chi connectivity index (χ0) is 14.8. The lowest BCUT2D eigenvalue weighted by Crippen LogP contribution is -2.44. The van der Waals surface area contributed by atoms with E-state index in [1.165, 1.54) is 31.5 Å². The number of hydrogen-bond acceptors (Lipinski definition) is 2. The number of rotatable bonds is 5. The maximum atomic E-state index is 4.59. The van der Waals surface area contributed by atoms with Gasteiger partial charge in [-0.25, -0.2) is 4.98 Å². The van der Waals surface area contributed by atoms with Gasteiger partial charge in [-0.2, -0.15) is 0 Å². The predicted octanol–water partition coefficient (Wildman–Crippen LogP) is 4.13. The lowest BCUT2D eigenvalue weighted by molar-refractivity contribution is 0.140. The van der Waals surface area contributed by atoms with E-state index in [1.807, 2.05) is 6.20 Å². The summed E-state index contributed by atoms with van der Waals surface area (Å²) in [6.07, 6.45) is 9.18. The van der Waals surface area contributed by atoms with Crippen molar-refractivity contribution in [2.45, 2.75) is 78.3 Å². The lowest BCUT2D eigenvalue weighted by Gasteiger charge is -2.42. The Kier molecular flexibility index (Phi) is 4.90. The summed E-state index contributed by atoms with van der Waals surface area (Å²) in [4.78, 5) is 4.59. The molecule has 1 aromatic heterocycles. The minimum atomic E-state index is 0.438. The third-order valence-corrected chi connectivity index (χ3v) is 4.59. The molecule has 0 aromatic carbocycles. The highest BCUT2D eigenvalue weighted by Crippen LogP contribution is 2.42. The fourth-order valence-electron chi connectivity index (χ4n) is 3.46. The summed E-state index contributed by atoms with van der Waals surface area (Å²) in [5.74, 6) is 1.72. The third kappa shape index (κ3) is 3.43. The van der Waals surface area contributed by atoms with Gasteiger partial charge < -0.3 is 9.88 Å². The second-order valence-electron chi connectivity index (χ2n) is 7.38. The molecule has 1 saturated carbocycles. The van der Waals surface area contributed by atoms with Gasteiger partial charge in [-0.1, -0.05) is 34.6 Å². The van der Waals surface area contributed by atoms with E-state index >= 15 is 0 Å². The minimum Gasteiger partial charge on any atom is -0.330 e. The van der Waals surface area contributed by atoms with Gasteiger partial charge in [-0.3, -0.25) is 0 Å². The van der Waals surface area contributed by atoms with Crippen LogP contribution >= 0.6 is 0 Å². The van der Waals surface area contributed by atoms with E-state index in [1.54, 1.807) is 0 Å². The first-order valence-corrected chi connectivity index (χ1v) is 8.20. The number of aromatic nitrogens is 2. The summed E-state index contributed by atoms with van der Waals surface area (Å²) in [7, 11) is 0. The molecule has 114 valence electrons. The van der Waals surface area contributed by atoms with Gasteiger partial charge in [0.25, 0.3) is 0 Å². The molecule has 0 saturated heterocycles. The van der Waals surface area contributed by atoms with Crippen molar-refractivity contribution in [1.29, 1.82) is 0 Å². The van der Waals surface area contributed by atoms with Crippen molar-refractivity contribution in [3.05, 3.63) is 18.2 Å². The van der Waals surface area contributed by atoms with E-state index in [0.29, 0.717) is 23.4 Å². The summed E-state index contributed by atoms with van der Waals surface area (Å²) < 4.78 is 2.44. The van der Waals surface area contributed by atoms with E-state index in [9.17, 15) is 0 Å². The van der Waals surface area contributed by atoms with Crippen molar-refractivity contribution in [2.24, 2.45) is 5.41 Å². The smallest absolute Gasteiger partial charge is 0.111 e. The molecule has 20 heavy (non-hydrogen) atoms. The number of hydrogen-bond donors (Lipinski definition) is 1. The van der Waals surface area contributed by atoms with Crippen LogP contribution in [-0.2, 0) is 0 Å². The average Bonchev–Trinajstić information content (AvgIpc) is 2.85. The van der Waals surface area contributed by atoms with Gasteiger partial charge in [0, 0.05) is 24.4 Å². The van der Waals surface area contributed by atoms with Crippen LogP contribution in [0.4, 0.5) is 0 Å². The molecule has 1 aliphatic rings. The standard InChI is InChI=1S/C17H31N3/c1-6-9-18-14-7-8-17(4,5)12-15(14)20-11-10-19-16(20)13(2)3/h10-11,13-15,18H,6-9,12H2,1-5H3. The number of nitrogens with one attached hydrogen (secondary N) is 1. The highest BCUT2D eigenvalue weighted by atomic mass is 15.1. The first-order valence-electron chi connectivity index (χ1n) is 8.20. The van der Waals surface area contributed by atoms with Gasteiger partial charge in [0.05, 0.1) is 6.04 Å². The van der Waals surface area contributed by atoms with Crippen molar-refractivity contribution < 1.29 is 0 Å². The van der Waals surface area contributed by atoms with Gasteiger partial charge in [-0.15, -0.1) is 0 Å². The van der Waals surface area contributed by atoms with Crippen molar-refractivity contribution in [3.63, 3.8) is 0 Å². The topological polar surface area (TPSA) is 29.9 Å². The number of nitrogens with zero attached hydrogens (tertiary/aromatic N) is 2.